The Bertz CT molecular complexity index is 829. The van der Waals surface area contributed by atoms with Crippen molar-refractivity contribution < 1.29 is 22.9 Å². The van der Waals surface area contributed by atoms with Gasteiger partial charge < -0.3 is 4.90 Å². The largest absolute Gasteiger partial charge is 0.416 e. The first-order chi connectivity index (χ1) is 12.7. The molecule has 0 aliphatic heterocycles. The number of halogens is 3. The molecule has 0 bridgehead atoms. The molecule has 0 radical (unpaired) electrons. The molecule has 2 aromatic carbocycles. The molecule has 1 aliphatic rings. The number of rotatable bonds is 6. The van der Waals surface area contributed by atoms with Crippen LogP contribution < -0.4 is 0 Å². The summed E-state index contributed by atoms with van der Waals surface area (Å²) >= 11 is 0. The molecule has 27 heavy (non-hydrogen) atoms. The van der Waals surface area contributed by atoms with Crippen LogP contribution in [-0.2, 0) is 23.9 Å². The van der Waals surface area contributed by atoms with Gasteiger partial charge in [0.2, 0.25) is 5.91 Å². The molecule has 1 aliphatic carbocycles. The summed E-state index contributed by atoms with van der Waals surface area (Å²) in [6.07, 6.45) is -2.56. The van der Waals surface area contributed by atoms with Crippen LogP contribution in [0, 0.1) is 10.1 Å². The van der Waals surface area contributed by atoms with Crippen LogP contribution in [0.15, 0.2) is 48.5 Å². The van der Waals surface area contributed by atoms with Crippen LogP contribution in [0.4, 0.5) is 18.9 Å². The van der Waals surface area contributed by atoms with E-state index >= 15 is 0 Å². The predicted octanol–water partition coefficient (Wildman–Crippen LogP) is 4.35. The van der Waals surface area contributed by atoms with Gasteiger partial charge in [0.05, 0.1) is 16.9 Å². The standard InChI is InChI=1S/C19H17F3N2O3/c20-19(21,22)15-5-1-14(2-6-15)12-23(16-9-10-16)18(25)11-13-3-7-17(8-4-13)24(26)27/h1-8,16H,9-12H2. The van der Waals surface area contributed by atoms with Gasteiger partial charge in [-0.25, -0.2) is 0 Å². The highest BCUT2D eigenvalue weighted by Crippen LogP contribution is 2.31. The maximum absolute atomic E-state index is 12.7. The van der Waals surface area contributed by atoms with E-state index in [4.69, 9.17) is 0 Å². The summed E-state index contributed by atoms with van der Waals surface area (Å²) in [5.74, 6) is -0.147. The van der Waals surface area contributed by atoms with E-state index in [2.05, 4.69) is 0 Å². The minimum Gasteiger partial charge on any atom is -0.335 e. The third-order valence-electron chi connectivity index (χ3n) is 4.44. The fourth-order valence-electron chi connectivity index (χ4n) is 2.81. The Balaban J connectivity index is 1.68. The highest BCUT2D eigenvalue weighted by molar-refractivity contribution is 5.79. The van der Waals surface area contributed by atoms with Crippen molar-refractivity contribution in [3.05, 3.63) is 75.3 Å². The van der Waals surface area contributed by atoms with E-state index in [0.29, 0.717) is 11.1 Å². The van der Waals surface area contributed by atoms with Crippen molar-refractivity contribution in [2.24, 2.45) is 0 Å². The molecule has 8 heteroatoms. The number of non-ortho nitro benzene ring substituents is 1. The molecule has 0 unspecified atom stereocenters. The van der Waals surface area contributed by atoms with Gasteiger partial charge in [0.25, 0.3) is 5.69 Å². The maximum Gasteiger partial charge on any atom is 0.416 e. The predicted molar refractivity (Wildman–Crippen MR) is 91.8 cm³/mol. The summed E-state index contributed by atoms with van der Waals surface area (Å²) in [5, 5.41) is 10.7. The second-order valence-corrected chi connectivity index (χ2v) is 6.55. The van der Waals surface area contributed by atoms with E-state index in [1.54, 1.807) is 17.0 Å². The SMILES string of the molecule is O=C(Cc1ccc([N+](=O)[O-])cc1)N(Cc1ccc(C(F)(F)F)cc1)C1CC1. The molecule has 0 saturated heterocycles. The third kappa shape index (κ3) is 4.84. The molecular formula is C19H17F3N2O3. The normalized spacial score (nSPS) is 14.0. The first-order valence-electron chi connectivity index (χ1n) is 8.43. The van der Waals surface area contributed by atoms with E-state index in [1.807, 2.05) is 0 Å². The highest BCUT2D eigenvalue weighted by atomic mass is 19.4. The van der Waals surface area contributed by atoms with E-state index < -0.39 is 16.7 Å². The Morgan fingerprint density at radius 3 is 2.07 bits per heavy atom. The molecule has 2 aromatic rings. The number of nitro benzene ring substituents is 1. The molecule has 1 saturated carbocycles. The van der Waals surface area contributed by atoms with E-state index in [0.717, 1.165) is 25.0 Å². The number of hydrogen-bond acceptors (Lipinski definition) is 3. The lowest BCUT2D eigenvalue weighted by Crippen LogP contribution is -2.33. The van der Waals surface area contributed by atoms with Crippen LogP contribution in [0.25, 0.3) is 0 Å². The van der Waals surface area contributed by atoms with Crippen LogP contribution in [-0.4, -0.2) is 21.8 Å². The van der Waals surface area contributed by atoms with Gasteiger partial charge in [0.1, 0.15) is 0 Å². The van der Waals surface area contributed by atoms with Crippen LogP contribution in [0.2, 0.25) is 0 Å². The molecule has 0 heterocycles. The van der Waals surface area contributed by atoms with Gasteiger partial charge in [0, 0.05) is 24.7 Å². The summed E-state index contributed by atoms with van der Waals surface area (Å²) < 4.78 is 38.0. The Morgan fingerprint density at radius 1 is 1.04 bits per heavy atom. The monoisotopic (exact) mass is 378 g/mol. The minimum atomic E-state index is -4.39. The number of nitrogens with zero attached hydrogens (tertiary/aromatic N) is 2. The van der Waals surface area contributed by atoms with E-state index in [9.17, 15) is 28.1 Å². The second kappa shape index (κ2) is 7.38. The van der Waals surface area contributed by atoms with Gasteiger partial charge in [-0.1, -0.05) is 24.3 Å². The van der Waals surface area contributed by atoms with Gasteiger partial charge in [-0.2, -0.15) is 13.2 Å². The van der Waals surface area contributed by atoms with Gasteiger partial charge in [-0.15, -0.1) is 0 Å². The molecule has 1 amide bonds. The fourth-order valence-corrected chi connectivity index (χ4v) is 2.81. The average Bonchev–Trinajstić information content (AvgIpc) is 3.44. The molecule has 5 nitrogen and oxygen atoms in total. The van der Waals surface area contributed by atoms with Gasteiger partial charge in [-0.05, 0) is 36.1 Å². The Kier molecular flexibility index (Phi) is 5.16. The quantitative estimate of drug-likeness (QED) is 0.555. The lowest BCUT2D eigenvalue weighted by Gasteiger charge is -2.23. The number of alkyl halides is 3. The van der Waals surface area contributed by atoms with Gasteiger partial charge in [0.15, 0.2) is 0 Å². The molecule has 1 fully saturated rings. The van der Waals surface area contributed by atoms with Crippen LogP contribution >= 0.6 is 0 Å². The summed E-state index contributed by atoms with van der Waals surface area (Å²) in [6.45, 7) is 0.245. The van der Waals surface area contributed by atoms with E-state index in [1.165, 1.54) is 24.3 Å². The zero-order valence-electron chi connectivity index (χ0n) is 14.3. The van der Waals surface area contributed by atoms with Crippen molar-refractivity contribution in [2.45, 2.75) is 38.0 Å². The summed E-state index contributed by atoms with van der Waals surface area (Å²) in [6, 6.07) is 10.7. The highest BCUT2D eigenvalue weighted by Gasteiger charge is 2.33. The van der Waals surface area contributed by atoms with Crippen molar-refractivity contribution in [1.29, 1.82) is 0 Å². The smallest absolute Gasteiger partial charge is 0.335 e. The zero-order chi connectivity index (χ0) is 19.6. The van der Waals surface area contributed by atoms with Crippen molar-refractivity contribution >= 4 is 11.6 Å². The topological polar surface area (TPSA) is 63.4 Å². The first-order valence-corrected chi connectivity index (χ1v) is 8.43. The van der Waals surface area contributed by atoms with Crippen molar-refractivity contribution in [3.63, 3.8) is 0 Å². The Labute approximate surface area is 153 Å². The number of hydrogen-bond donors (Lipinski definition) is 0. The van der Waals surface area contributed by atoms with Gasteiger partial charge in [-0.3, -0.25) is 14.9 Å². The number of carbonyl (C=O) groups is 1. The average molecular weight is 378 g/mol. The summed E-state index contributed by atoms with van der Waals surface area (Å²) in [4.78, 5) is 24.5. The lowest BCUT2D eigenvalue weighted by molar-refractivity contribution is -0.384. The molecule has 0 atom stereocenters. The lowest BCUT2D eigenvalue weighted by atomic mass is 10.1. The first kappa shape index (κ1) is 18.9. The Hall–Kier alpha value is -2.90. The molecular weight excluding hydrogens is 361 g/mol. The van der Waals surface area contributed by atoms with Crippen LogP contribution in [0.5, 0.6) is 0 Å². The molecule has 0 aromatic heterocycles. The second-order valence-electron chi connectivity index (χ2n) is 6.55. The van der Waals surface area contributed by atoms with Gasteiger partial charge >= 0.3 is 6.18 Å². The number of carbonyl (C=O) groups excluding carboxylic acids is 1. The van der Waals surface area contributed by atoms with E-state index in [-0.39, 0.29) is 30.6 Å². The number of amides is 1. The summed E-state index contributed by atoms with van der Waals surface area (Å²) in [7, 11) is 0. The van der Waals surface area contributed by atoms with Crippen molar-refractivity contribution in [1.82, 2.24) is 4.90 Å². The number of nitro groups is 1. The molecule has 0 N–H and O–H groups in total. The molecule has 142 valence electrons. The van der Waals surface area contributed by atoms with Crippen molar-refractivity contribution in [3.8, 4) is 0 Å². The van der Waals surface area contributed by atoms with Crippen LogP contribution in [0.3, 0.4) is 0 Å². The fraction of sp³-hybridized carbons (Fsp3) is 0.316. The van der Waals surface area contributed by atoms with Crippen LogP contribution in [0.1, 0.15) is 29.5 Å². The van der Waals surface area contributed by atoms with Crippen molar-refractivity contribution in [2.75, 3.05) is 0 Å². The Morgan fingerprint density at radius 2 is 1.59 bits per heavy atom. The zero-order valence-corrected chi connectivity index (χ0v) is 14.3. The molecule has 3 rings (SSSR count). The summed E-state index contributed by atoms with van der Waals surface area (Å²) in [5.41, 5.74) is 0.520. The maximum atomic E-state index is 12.7. The third-order valence-corrected chi connectivity index (χ3v) is 4.44. The number of benzene rings is 2. The molecule has 0 spiro atoms. The minimum absolute atomic E-state index is 0.0463.